The Labute approximate surface area is 226 Å². The lowest BCUT2D eigenvalue weighted by Crippen LogP contribution is -2.32. The fourth-order valence-electron chi connectivity index (χ4n) is 4.52. The molecule has 0 unspecified atom stereocenters. The van der Waals surface area contributed by atoms with E-state index in [9.17, 15) is 9.59 Å². The van der Waals surface area contributed by atoms with Crippen LogP contribution in [-0.4, -0.2) is 30.1 Å². The van der Waals surface area contributed by atoms with Gasteiger partial charge in [0.05, 0.1) is 28.0 Å². The first-order valence-electron chi connectivity index (χ1n) is 12.1. The lowest BCUT2D eigenvalue weighted by Gasteiger charge is -2.21. The summed E-state index contributed by atoms with van der Waals surface area (Å²) in [7, 11) is 0. The van der Waals surface area contributed by atoms with E-state index in [0.717, 1.165) is 10.3 Å². The molecule has 0 saturated carbocycles. The van der Waals surface area contributed by atoms with E-state index in [2.05, 4.69) is 32.2 Å². The monoisotopic (exact) mass is 531 g/mol. The van der Waals surface area contributed by atoms with Gasteiger partial charge >= 0.3 is 0 Å². The number of para-hydroxylation sites is 1. The average molecular weight is 532 g/mol. The van der Waals surface area contributed by atoms with Crippen LogP contribution in [0.15, 0.2) is 89.6 Å². The molecule has 0 fully saturated rings. The van der Waals surface area contributed by atoms with Crippen molar-refractivity contribution in [2.45, 2.75) is 13.0 Å². The highest BCUT2D eigenvalue weighted by Crippen LogP contribution is 2.24. The number of rotatable bonds is 4. The molecule has 4 aromatic heterocycles. The van der Waals surface area contributed by atoms with Crippen LogP contribution in [0.1, 0.15) is 39.5 Å². The van der Waals surface area contributed by atoms with E-state index in [0.29, 0.717) is 28.0 Å². The maximum absolute atomic E-state index is 14.1. The molecule has 9 nitrogen and oxygen atoms in total. The highest BCUT2D eigenvalue weighted by atomic mass is 32.1. The van der Waals surface area contributed by atoms with Crippen molar-refractivity contribution in [2.75, 3.05) is 5.73 Å². The minimum Gasteiger partial charge on any atom is -0.381 e. The van der Waals surface area contributed by atoms with Crippen LogP contribution < -0.4 is 16.6 Å². The van der Waals surface area contributed by atoms with E-state index in [4.69, 9.17) is 5.73 Å². The van der Waals surface area contributed by atoms with Crippen LogP contribution in [0.2, 0.25) is 0 Å². The molecule has 6 rings (SSSR count). The molecule has 2 aromatic carbocycles. The van der Waals surface area contributed by atoms with E-state index >= 15 is 0 Å². The molecule has 1 amide bonds. The molecular weight excluding hydrogens is 510 g/mol. The van der Waals surface area contributed by atoms with Crippen LogP contribution in [0.5, 0.6) is 0 Å². The SMILES string of the molecule is C[C@@H](NC(=O)c1c(N)nn2cccnc12)c1cc2cccc(C#Cc3cncs3)c2c(=O)n1-c1ccccc1. The molecular formula is C29H21N7O2S. The summed E-state index contributed by atoms with van der Waals surface area (Å²) in [5.41, 5.74) is 9.96. The Balaban J connectivity index is 1.48. The van der Waals surface area contributed by atoms with E-state index in [1.165, 1.54) is 15.9 Å². The van der Waals surface area contributed by atoms with E-state index in [-0.39, 0.29) is 16.9 Å². The van der Waals surface area contributed by atoms with Crippen molar-refractivity contribution in [3.63, 3.8) is 0 Å². The van der Waals surface area contributed by atoms with Gasteiger partial charge in [0, 0.05) is 29.3 Å². The highest BCUT2D eigenvalue weighted by molar-refractivity contribution is 7.10. The molecule has 0 aliphatic carbocycles. The Kier molecular flexibility index (Phi) is 6.11. The average Bonchev–Trinajstić information content (AvgIpc) is 3.59. The first-order valence-corrected chi connectivity index (χ1v) is 12.9. The molecule has 0 bridgehead atoms. The Morgan fingerprint density at radius 3 is 2.74 bits per heavy atom. The maximum Gasteiger partial charge on any atom is 0.264 e. The number of aromatic nitrogens is 5. The fourth-order valence-corrected chi connectivity index (χ4v) is 4.99. The first-order chi connectivity index (χ1) is 19.0. The predicted molar refractivity (Wildman–Crippen MR) is 151 cm³/mol. The van der Waals surface area contributed by atoms with Crippen LogP contribution in [0.3, 0.4) is 0 Å². The van der Waals surface area contributed by atoms with Crippen molar-refractivity contribution < 1.29 is 4.79 Å². The number of benzene rings is 2. The van der Waals surface area contributed by atoms with Crippen molar-refractivity contribution in [1.29, 1.82) is 0 Å². The van der Waals surface area contributed by atoms with Gasteiger partial charge in [0.1, 0.15) is 5.56 Å². The molecule has 4 heterocycles. The standard InChI is InChI=1S/C29H21N7O2S/c1-18(33-28(37)25-26(30)34-35-14-6-13-32-27(25)35)23-15-20-8-5-7-19(11-12-22-16-31-17-39-22)24(20)29(38)36(23)21-9-3-2-4-10-21/h2-10,13-18H,1H3,(H2,30,34)(H,33,37)/t18-/m1/s1. The third-order valence-electron chi connectivity index (χ3n) is 6.28. The lowest BCUT2D eigenvalue weighted by atomic mass is 10.0. The van der Waals surface area contributed by atoms with Gasteiger partial charge in [-0.2, -0.15) is 0 Å². The second kappa shape index (κ2) is 9.89. The summed E-state index contributed by atoms with van der Waals surface area (Å²) in [4.78, 5) is 36.6. The summed E-state index contributed by atoms with van der Waals surface area (Å²) < 4.78 is 3.07. The van der Waals surface area contributed by atoms with Crippen LogP contribution in [0.25, 0.3) is 22.1 Å². The van der Waals surface area contributed by atoms with Crippen LogP contribution in [0.4, 0.5) is 5.82 Å². The largest absolute Gasteiger partial charge is 0.381 e. The van der Waals surface area contributed by atoms with Gasteiger partial charge in [-0.3, -0.25) is 19.1 Å². The number of nitrogens with two attached hydrogens (primary N) is 1. The molecule has 190 valence electrons. The molecule has 6 aromatic rings. The summed E-state index contributed by atoms with van der Waals surface area (Å²) in [5.74, 6) is 5.86. The molecule has 3 N–H and O–H groups in total. The summed E-state index contributed by atoms with van der Waals surface area (Å²) in [6.45, 7) is 1.82. The van der Waals surface area contributed by atoms with Crippen LogP contribution in [-0.2, 0) is 0 Å². The predicted octanol–water partition coefficient (Wildman–Crippen LogP) is 3.96. The fraction of sp³-hybridized carbons (Fsp3) is 0.0690. The van der Waals surface area contributed by atoms with E-state index in [1.807, 2.05) is 61.5 Å². The Morgan fingerprint density at radius 1 is 1.10 bits per heavy atom. The van der Waals surface area contributed by atoms with Gasteiger partial charge in [0.2, 0.25) is 0 Å². The van der Waals surface area contributed by atoms with Gasteiger partial charge in [0.25, 0.3) is 11.5 Å². The third kappa shape index (κ3) is 4.41. The van der Waals surface area contributed by atoms with Gasteiger partial charge in [-0.1, -0.05) is 36.3 Å². The molecule has 0 saturated heterocycles. The third-order valence-corrected chi connectivity index (χ3v) is 6.97. The highest BCUT2D eigenvalue weighted by Gasteiger charge is 2.23. The number of amides is 1. The molecule has 0 radical (unpaired) electrons. The summed E-state index contributed by atoms with van der Waals surface area (Å²) in [6, 6.07) is 17.9. The summed E-state index contributed by atoms with van der Waals surface area (Å²) in [5, 5.41) is 8.38. The van der Waals surface area contributed by atoms with Gasteiger partial charge in [-0.25, -0.2) is 9.50 Å². The number of anilines is 1. The topological polar surface area (TPSA) is 120 Å². The molecule has 0 aliphatic rings. The Bertz CT molecular complexity index is 1970. The zero-order chi connectivity index (χ0) is 26.9. The zero-order valence-electron chi connectivity index (χ0n) is 20.7. The first kappa shape index (κ1) is 24.1. The number of pyridine rings is 1. The number of nitrogens with zero attached hydrogens (tertiary/aromatic N) is 5. The number of fused-ring (bicyclic) bond motifs is 2. The molecule has 0 aliphatic heterocycles. The summed E-state index contributed by atoms with van der Waals surface area (Å²) >= 11 is 1.44. The minimum atomic E-state index is -0.570. The number of nitrogens with one attached hydrogen (secondary N) is 1. The normalized spacial score (nSPS) is 11.7. The van der Waals surface area contributed by atoms with Gasteiger partial charge in [0.15, 0.2) is 11.5 Å². The van der Waals surface area contributed by atoms with Gasteiger partial charge in [-0.05, 0) is 48.6 Å². The van der Waals surface area contributed by atoms with Gasteiger partial charge in [-0.15, -0.1) is 16.4 Å². The maximum atomic E-state index is 14.1. The Hall–Kier alpha value is -5.27. The minimum absolute atomic E-state index is 0.0709. The quantitative estimate of drug-likeness (QED) is 0.332. The number of hydrogen-bond donors (Lipinski definition) is 2. The van der Waals surface area contributed by atoms with Crippen molar-refractivity contribution >= 4 is 39.5 Å². The number of nitrogen functional groups attached to an aromatic ring is 1. The number of hydrogen-bond acceptors (Lipinski definition) is 7. The smallest absolute Gasteiger partial charge is 0.264 e. The van der Waals surface area contributed by atoms with Crippen LogP contribution >= 0.6 is 11.3 Å². The lowest BCUT2D eigenvalue weighted by molar-refractivity contribution is 0.0941. The molecule has 10 heteroatoms. The van der Waals surface area contributed by atoms with Gasteiger partial charge < -0.3 is 11.1 Å². The molecule has 39 heavy (non-hydrogen) atoms. The van der Waals surface area contributed by atoms with E-state index in [1.54, 1.807) is 34.7 Å². The molecule has 0 spiro atoms. The Morgan fingerprint density at radius 2 is 1.95 bits per heavy atom. The zero-order valence-corrected chi connectivity index (χ0v) is 21.5. The van der Waals surface area contributed by atoms with Crippen LogP contribution in [0, 0.1) is 11.8 Å². The van der Waals surface area contributed by atoms with Crippen molar-refractivity contribution in [3.05, 3.63) is 117 Å². The number of carbonyl (C=O) groups is 1. The van der Waals surface area contributed by atoms with Crippen molar-refractivity contribution in [2.24, 2.45) is 0 Å². The summed E-state index contributed by atoms with van der Waals surface area (Å²) in [6.07, 6.45) is 4.94. The second-order valence-electron chi connectivity index (χ2n) is 8.77. The number of thiazole rings is 1. The van der Waals surface area contributed by atoms with Crippen molar-refractivity contribution in [1.82, 2.24) is 29.5 Å². The number of carbonyl (C=O) groups excluding carboxylic acids is 1. The van der Waals surface area contributed by atoms with E-state index < -0.39 is 11.9 Å². The molecule has 1 atom stereocenters. The second-order valence-corrected chi connectivity index (χ2v) is 9.66. The van der Waals surface area contributed by atoms with Crippen molar-refractivity contribution in [3.8, 4) is 17.5 Å².